The Morgan fingerprint density at radius 2 is 1.62 bits per heavy atom. The van der Waals surface area contributed by atoms with Crippen LogP contribution >= 0.6 is 11.8 Å². The molecule has 0 aliphatic carbocycles. The molecule has 1 nitrogen and oxygen atoms in total. The van der Waals surface area contributed by atoms with Crippen LogP contribution in [0.4, 0.5) is 8.78 Å². The molecule has 48 valence electrons. The van der Waals surface area contributed by atoms with Gasteiger partial charge in [-0.25, -0.2) is 13.2 Å². The number of hydrogen-bond donors (Lipinski definition) is 0. The topological polar surface area (TPSA) is 3.24 Å². The van der Waals surface area contributed by atoms with Crippen molar-refractivity contribution in [3.63, 3.8) is 0 Å². The van der Waals surface area contributed by atoms with Gasteiger partial charge in [-0.15, -0.1) is 0 Å². The van der Waals surface area contributed by atoms with Crippen molar-refractivity contribution in [1.82, 2.24) is 4.42 Å². The second-order valence-corrected chi connectivity index (χ2v) is 2.34. The van der Waals surface area contributed by atoms with Gasteiger partial charge in [0.25, 0.3) is 0 Å². The summed E-state index contributed by atoms with van der Waals surface area (Å²) in [6, 6.07) is 0. The molecule has 0 aromatic heterocycles. The molecule has 0 unspecified atom stereocenters. The van der Waals surface area contributed by atoms with E-state index in [2.05, 4.69) is 0 Å². The van der Waals surface area contributed by atoms with Crippen LogP contribution in [-0.2, 0) is 0 Å². The van der Waals surface area contributed by atoms with E-state index in [0.717, 1.165) is 4.42 Å². The van der Waals surface area contributed by atoms with Crippen LogP contribution in [0, 0.1) is 0 Å². The zero-order valence-corrected chi connectivity index (χ0v) is 4.91. The van der Waals surface area contributed by atoms with E-state index in [1.807, 2.05) is 0 Å². The monoisotopic (exact) mass is 141 g/mol. The Bertz CT molecular complexity index is 80.1. The molecule has 0 saturated carbocycles. The predicted octanol–water partition coefficient (Wildman–Crippen LogP) is 1.13. The van der Waals surface area contributed by atoms with Crippen molar-refractivity contribution in [2.45, 2.75) is 12.3 Å². The van der Waals surface area contributed by atoms with Crippen LogP contribution in [0.15, 0.2) is 0 Å². The highest BCUT2D eigenvalue weighted by atomic mass is 35.5. The van der Waals surface area contributed by atoms with Crippen LogP contribution in [0.3, 0.4) is 0 Å². The molecule has 0 bridgehead atoms. The highest BCUT2D eigenvalue weighted by Gasteiger charge is 2.31. The average molecular weight is 142 g/mol. The second-order valence-electron chi connectivity index (χ2n) is 1.86. The largest absolute Gasteiger partial charge is 0.243 e. The maximum atomic E-state index is 12.1. The van der Waals surface area contributed by atoms with Crippen LogP contribution in [0.1, 0.15) is 0 Å². The van der Waals surface area contributed by atoms with Crippen molar-refractivity contribution < 1.29 is 8.78 Å². The Morgan fingerprint density at radius 3 is 1.75 bits per heavy atom. The molecule has 1 aliphatic heterocycles. The average Bonchev–Trinajstić information content (AvgIpc) is 1.85. The summed E-state index contributed by atoms with van der Waals surface area (Å²) in [6.07, 6.45) is -2.76. The molecule has 1 fully saturated rings. The zero-order chi connectivity index (χ0) is 6.15. The third kappa shape index (κ3) is 1.09. The van der Waals surface area contributed by atoms with Gasteiger partial charge >= 0.3 is 0 Å². The Kier molecular flexibility index (Phi) is 1.68. The summed E-state index contributed by atoms with van der Waals surface area (Å²) in [5.74, 6) is 0. The van der Waals surface area contributed by atoms with Gasteiger partial charge in [-0.1, -0.05) is 0 Å². The first kappa shape index (κ1) is 6.23. The molecule has 1 rings (SSSR count). The summed E-state index contributed by atoms with van der Waals surface area (Å²) in [6.45, 7) is 0.0332. The fraction of sp³-hybridized carbons (Fsp3) is 1.00. The van der Waals surface area contributed by atoms with Gasteiger partial charge in [0.2, 0.25) is 0 Å². The number of rotatable bonds is 0. The minimum atomic E-state index is -1.38. The quantitative estimate of drug-likeness (QED) is 0.457. The minimum absolute atomic E-state index is 0.0166. The van der Waals surface area contributed by atoms with Gasteiger partial charge < -0.3 is 0 Å². The number of halogens is 3. The van der Waals surface area contributed by atoms with Crippen molar-refractivity contribution in [3.8, 4) is 0 Å². The lowest BCUT2D eigenvalue weighted by molar-refractivity contribution is 0.217. The van der Waals surface area contributed by atoms with Crippen molar-refractivity contribution in [2.75, 3.05) is 13.1 Å². The molecule has 1 heterocycles. The fourth-order valence-corrected chi connectivity index (χ4v) is 0.945. The van der Waals surface area contributed by atoms with E-state index in [4.69, 9.17) is 11.8 Å². The molecule has 1 aliphatic rings. The van der Waals surface area contributed by atoms with Gasteiger partial charge in [0.05, 0.1) is 0 Å². The summed E-state index contributed by atoms with van der Waals surface area (Å²) in [4.78, 5) is 0. The van der Waals surface area contributed by atoms with E-state index in [1.54, 1.807) is 0 Å². The van der Waals surface area contributed by atoms with Crippen molar-refractivity contribution in [2.24, 2.45) is 0 Å². The standard InChI is InChI=1S/C4H6ClF2N/c5-8-1-3(6)4(7)2-8/h3-4H,1-2H2/t3-,4-/m0/s1. The normalized spacial score (nSPS) is 40.9. The lowest BCUT2D eigenvalue weighted by Crippen LogP contribution is -2.12. The third-order valence-electron chi connectivity index (χ3n) is 1.14. The fourth-order valence-electron chi connectivity index (χ4n) is 0.682. The molecule has 0 aromatic rings. The predicted molar refractivity (Wildman–Crippen MR) is 27.2 cm³/mol. The van der Waals surface area contributed by atoms with Crippen LogP contribution in [0.2, 0.25) is 0 Å². The van der Waals surface area contributed by atoms with Gasteiger partial charge in [-0.3, -0.25) is 0 Å². The zero-order valence-electron chi connectivity index (χ0n) is 4.15. The Labute approximate surface area is 51.3 Å². The van der Waals surface area contributed by atoms with Gasteiger partial charge in [-0.05, 0) is 11.8 Å². The van der Waals surface area contributed by atoms with E-state index in [-0.39, 0.29) is 13.1 Å². The Morgan fingerprint density at radius 1 is 1.25 bits per heavy atom. The lowest BCUT2D eigenvalue weighted by atomic mass is 10.3. The molecule has 1 saturated heterocycles. The Balaban J connectivity index is 2.39. The van der Waals surface area contributed by atoms with Gasteiger partial charge in [0, 0.05) is 13.1 Å². The van der Waals surface area contributed by atoms with Gasteiger partial charge in [-0.2, -0.15) is 0 Å². The summed E-state index contributed by atoms with van der Waals surface area (Å²) in [5, 5.41) is 0. The summed E-state index contributed by atoms with van der Waals surface area (Å²) < 4.78 is 25.3. The SMILES string of the molecule is F[C@H]1CN(Cl)C[C@@H]1F. The van der Waals surface area contributed by atoms with Crippen LogP contribution < -0.4 is 0 Å². The van der Waals surface area contributed by atoms with Crippen molar-refractivity contribution >= 4 is 11.8 Å². The van der Waals surface area contributed by atoms with E-state index >= 15 is 0 Å². The first-order valence-electron chi connectivity index (χ1n) is 2.39. The smallest absolute Gasteiger partial charge is 0.146 e. The maximum absolute atomic E-state index is 12.1. The third-order valence-corrected chi connectivity index (χ3v) is 1.41. The molecule has 0 N–H and O–H groups in total. The first-order chi connectivity index (χ1) is 3.70. The minimum Gasteiger partial charge on any atom is -0.243 e. The van der Waals surface area contributed by atoms with Crippen molar-refractivity contribution in [3.05, 3.63) is 0 Å². The van der Waals surface area contributed by atoms with Crippen molar-refractivity contribution in [1.29, 1.82) is 0 Å². The van der Waals surface area contributed by atoms with Gasteiger partial charge in [0.1, 0.15) is 12.3 Å². The van der Waals surface area contributed by atoms with E-state index in [0.29, 0.717) is 0 Å². The van der Waals surface area contributed by atoms with E-state index in [1.165, 1.54) is 0 Å². The molecule has 0 aromatic carbocycles. The molecule has 0 spiro atoms. The number of hydrogen-bond acceptors (Lipinski definition) is 1. The first-order valence-corrected chi connectivity index (χ1v) is 2.73. The molecule has 2 atom stereocenters. The van der Waals surface area contributed by atoms with Gasteiger partial charge in [0.15, 0.2) is 0 Å². The summed E-state index contributed by atoms with van der Waals surface area (Å²) >= 11 is 5.26. The second kappa shape index (κ2) is 2.15. The van der Waals surface area contributed by atoms with E-state index in [9.17, 15) is 8.78 Å². The summed E-state index contributed by atoms with van der Waals surface area (Å²) in [7, 11) is 0. The number of alkyl halides is 2. The van der Waals surface area contributed by atoms with Crippen LogP contribution in [0.25, 0.3) is 0 Å². The van der Waals surface area contributed by atoms with E-state index < -0.39 is 12.3 Å². The van der Waals surface area contributed by atoms with Crippen LogP contribution in [0.5, 0.6) is 0 Å². The van der Waals surface area contributed by atoms with Crippen LogP contribution in [-0.4, -0.2) is 29.9 Å². The summed E-state index contributed by atoms with van der Waals surface area (Å²) in [5.41, 5.74) is 0. The molecular weight excluding hydrogens is 135 g/mol. The lowest BCUT2D eigenvalue weighted by Gasteiger charge is -1.96. The highest BCUT2D eigenvalue weighted by molar-refractivity contribution is 6.13. The molecular formula is C4H6ClF2N. The number of nitrogens with zero attached hydrogens (tertiary/aromatic N) is 1. The molecule has 0 amide bonds. The molecule has 8 heavy (non-hydrogen) atoms. The molecule has 4 heteroatoms. The maximum Gasteiger partial charge on any atom is 0.146 e. The Hall–Kier alpha value is 0.110. The molecule has 0 radical (unpaired) electrons. The highest BCUT2D eigenvalue weighted by Crippen LogP contribution is 2.17.